The molecule has 0 radical (unpaired) electrons. The molecule has 2 aromatic rings. The molecule has 12 heteroatoms. The van der Waals surface area contributed by atoms with Gasteiger partial charge >= 0.3 is 0 Å². The molecule has 0 aliphatic heterocycles. The number of nitrogens with two attached hydrogens (primary N) is 1. The van der Waals surface area contributed by atoms with E-state index in [0.29, 0.717) is 16.0 Å². The van der Waals surface area contributed by atoms with E-state index in [1.54, 1.807) is 37.5 Å². The van der Waals surface area contributed by atoms with E-state index in [-0.39, 0.29) is 38.4 Å². The first kappa shape index (κ1) is 33.9. The third kappa shape index (κ3) is 12.7. The van der Waals surface area contributed by atoms with Crippen LogP contribution in [0.2, 0.25) is 10.3 Å². The lowest BCUT2D eigenvalue weighted by Crippen LogP contribution is -2.26. The average Bonchev–Trinajstić information content (AvgIpc) is 2.72. The summed E-state index contributed by atoms with van der Waals surface area (Å²) in [6.45, 7) is 7.51. The lowest BCUT2D eigenvalue weighted by atomic mass is 9.99. The molecule has 0 saturated carbocycles. The van der Waals surface area contributed by atoms with Crippen molar-refractivity contribution in [3.8, 4) is 0 Å². The Morgan fingerprint density at radius 1 is 0.886 bits per heavy atom. The molecule has 10 nitrogen and oxygen atoms in total. The van der Waals surface area contributed by atoms with Crippen molar-refractivity contribution in [2.24, 2.45) is 5.73 Å². The predicted octanol–water partition coefficient (Wildman–Crippen LogP) is 6.14. The van der Waals surface area contributed by atoms with Crippen LogP contribution in [-0.4, -0.2) is 25.9 Å². The van der Waals surface area contributed by atoms with Crippen LogP contribution in [0.3, 0.4) is 0 Å². The van der Waals surface area contributed by atoms with E-state index >= 15 is 0 Å². The second-order valence-electron chi connectivity index (χ2n) is 7.36. The second kappa shape index (κ2) is 16.4. The summed E-state index contributed by atoms with van der Waals surface area (Å²) in [6.07, 6.45) is 4.97. The van der Waals surface area contributed by atoms with E-state index in [1.165, 1.54) is 0 Å². The van der Waals surface area contributed by atoms with E-state index in [0.717, 1.165) is 23.5 Å². The molecule has 194 valence electrons. The SMILES string of the molecule is C.C.CC(/C(N)=C/[N+](=O)[O-])c1ccc(Cl)nc1.CC(C)N/C(=C\[N+](=O)[O-])C(C)c1ccc(Cl)nc1. The number of hydrogen-bond donors (Lipinski definition) is 2. The minimum absolute atomic E-state index is 0. The smallest absolute Gasteiger partial charge is 0.253 e. The van der Waals surface area contributed by atoms with Crippen molar-refractivity contribution in [2.75, 3.05) is 0 Å². The Bertz CT molecular complexity index is 996. The standard InChI is InChI=1S/C12H16ClN3O2.C9H10ClN3O2.2CH4/c1-8(2)15-11(7-16(17)18)9(3)10-4-5-12(13)14-6-10;1-6(8(11)5-13(14)15)7-2-3-9(10)12-4-7;;/h4-9,15H,1-3H3;2-6H,11H2,1H3;2*1H4/b11-7-;8-5-;;. The number of halogens is 2. The van der Waals surface area contributed by atoms with Gasteiger partial charge in [-0.3, -0.25) is 20.2 Å². The van der Waals surface area contributed by atoms with Crippen LogP contribution >= 0.6 is 23.2 Å². The molecule has 35 heavy (non-hydrogen) atoms. The van der Waals surface area contributed by atoms with Gasteiger partial charge in [0, 0.05) is 30.3 Å². The highest BCUT2D eigenvalue weighted by atomic mass is 35.5. The first-order valence-corrected chi connectivity index (χ1v) is 10.6. The first-order chi connectivity index (χ1) is 15.4. The molecule has 0 saturated heterocycles. The highest BCUT2D eigenvalue weighted by molar-refractivity contribution is 6.29. The van der Waals surface area contributed by atoms with Gasteiger partial charge in [-0.05, 0) is 37.1 Å². The molecule has 0 aliphatic carbocycles. The van der Waals surface area contributed by atoms with Crippen molar-refractivity contribution >= 4 is 23.2 Å². The fraction of sp³-hybridized carbons (Fsp3) is 0.391. The van der Waals surface area contributed by atoms with Crippen molar-refractivity contribution in [2.45, 2.75) is 60.4 Å². The van der Waals surface area contributed by atoms with Gasteiger partial charge in [0.05, 0.1) is 21.2 Å². The molecule has 0 bridgehead atoms. The lowest BCUT2D eigenvalue weighted by molar-refractivity contribution is -0.404. The maximum atomic E-state index is 10.6. The van der Waals surface area contributed by atoms with Crippen LogP contribution in [0.15, 0.2) is 60.5 Å². The maximum absolute atomic E-state index is 10.6. The Hall–Kier alpha value is -3.24. The Labute approximate surface area is 216 Å². The van der Waals surface area contributed by atoms with E-state index in [9.17, 15) is 20.2 Å². The number of nitrogens with zero attached hydrogens (tertiary/aromatic N) is 4. The van der Waals surface area contributed by atoms with E-state index in [2.05, 4.69) is 15.3 Å². The summed E-state index contributed by atoms with van der Waals surface area (Å²) in [4.78, 5) is 27.7. The van der Waals surface area contributed by atoms with Gasteiger partial charge in [0.1, 0.15) is 10.3 Å². The number of allylic oxidation sites excluding steroid dienone is 2. The highest BCUT2D eigenvalue weighted by Crippen LogP contribution is 2.23. The van der Waals surface area contributed by atoms with Gasteiger partial charge in [0.25, 0.3) is 12.4 Å². The number of aromatic nitrogens is 2. The van der Waals surface area contributed by atoms with Crippen LogP contribution in [0.1, 0.15) is 65.5 Å². The average molecular weight is 529 g/mol. The van der Waals surface area contributed by atoms with Gasteiger partial charge in [-0.15, -0.1) is 0 Å². The quantitative estimate of drug-likeness (QED) is 0.235. The third-order valence-electron chi connectivity index (χ3n) is 4.42. The number of nitro groups is 2. The highest BCUT2D eigenvalue weighted by Gasteiger charge is 2.16. The third-order valence-corrected chi connectivity index (χ3v) is 4.87. The molecule has 2 heterocycles. The van der Waals surface area contributed by atoms with E-state index in [4.69, 9.17) is 28.9 Å². The summed E-state index contributed by atoms with van der Waals surface area (Å²) in [6, 6.07) is 6.97. The van der Waals surface area contributed by atoms with Crippen molar-refractivity contribution in [3.05, 3.63) is 102 Å². The molecule has 0 spiro atoms. The zero-order valence-corrected chi connectivity index (χ0v) is 20.1. The van der Waals surface area contributed by atoms with Crippen molar-refractivity contribution in [1.29, 1.82) is 0 Å². The van der Waals surface area contributed by atoms with Crippen molar-refractivity contribution in [1.82, 2.24) is 15.3 Å². The Balaban J connectivity index is 0. The van der Waals surface area contributed by atoms with E-state index in [1.807, 2.05) is 26.8 Å². The number of pyridine rings is 2. The molecule has 2 aromatic heterocycles. The molecule has 3 N–H and O–H groups in total. The summed E-state index contributed by atoms with van der Waals surface area (Å²) < 4.78 is 0. The molecule has 0 fully saturated rings. The van der Waals surface area contributed by atoms with Crippen LogP contribution in [0.4, 0.5) is 0 Å². The van der Waals surface area contributed by atoms with Gasteiger partial charge in [-0.25, -0.2) is 9.97 Å². The summed E-state index contributed by atoms with van der Waals surface area (Å²) in [5.41, 5.74) is 7.95. The Morgan fingerprint density at radius 3 is 1.66 bits per heavy atom. The zero-order chi connectivity index (χ0) is 25.1. The van der Waals surface area contributed by atoms with E-state index < -0.39 is 9.85 Å². The fourth-order valence-electron chi connectivity index (χ4n) is 2.61. The Kier molecular flexibility index (Phi) is 15.9. The summed E-state index contributed by atoms with van der Waals surface area (Å²) in [5.74, 6) is -0.386. The first-order valence-electron chi connectivity index (χ1n) is 9.86. The molecular weight excluding hydrogens is 495 g/mol. The molecule has 0 amide bonds. The van der Waals surface area contributed by atoms with Gasteiger partial charge in [-0.2, -0.15) is 0 Å². The number of nitrogens with one attached hydrogen (secondary N) is 1. The normalized spacial score (nSPS) is 12.8. The minimum Gasteiger partial charge on any atom is -0.397 e. The molecular formula is C23H34Cl2N6O4. The van der Waals surface area contributed by atoms with Gasteiger partial charge < -0.3 is 11.1 Å². The Morgan fingerprint density at radius 2 is 1.31 bits per heavy atom. The lowest BCUT2D eigenvalue weighted by Gasteiger charge is -2.18. The molecule has 2 atom stereocenters. The fourth-order valence-corrected chi connectivity index (χ4v) is 2.84. The minimum atomic E-state index is -0.574. The topological polar surface area (TPSA) is 150 Å². The molecule has 0 aliphatic rings. The largest absolute Gasteiger partial charge is 0.397 e. The van der Waals surface area contributed by atoms with Gasteiger partial charge in [-0.1, -0.05) is 64.0 Å². The van der Waals surface area contributed by atoms with Crippen LogP contribution < -0.4 is 11.1 Å². The molecule has 0 aromatic carbocycles. The number of rotatable bonds is 8. The van der Waals surface area contributed by atoms with Gasteiger partial charge in [0.15, 0.2) is 0 Å². The molecule has 2 unspecified atom stereocenters. The zero-order valence-electron chi connectivity index (χ0n) is 18.6. The van der Waals surface area contributed by atoms with Crippen LogP contribution in [-0.2, 0) is 0 Å². The summed E-state index contributed by atoms with van der Waals surface area (Å²) in [5, 5.41) is 24.7. The summed E-state index contributed by atoms with van der Waals surface area (Å²) >= 11 is 11.3. The van der Waals surface area contributed by atoms with Crippen LogP contribution in [0.5, 0.6) is 0 Å². The predicted molar refractivity (Wildman–Crippen MR) is 141 cm³/mol. The number of hydrogen-bond acceptors (Lipinski definition) is 8. The maximum Gasteiger partial charge on any atom is 0.253 e. The van der Waals surface area contributed by atoms with Gasteiger partial charge in [0.2, 0.25) is 0 Å². The summed E-state index contributed by atoms with van der Waals surface area (Å²) in [7, 11) is 0. The van der Waals surface area contributed by atoms with Crippen LogP contribution in [0.25, 0.3) is 0 Å². The molecule has 2 rings (SSSR count). The van der Waals surface area contributed by atoms with Crippen LogP contribution in [0, 0.1) is 20.2 Å². The second-order valence-corrected chi connectivity index (χ2v) is 8.13. The van der Waals surface area contributed by atoms with Crippen molar-refractivity contribution in [3.63, 3.8) is 0 Å². The monoisotopic (exact) mass is 528 g/mol. The van der Waals surface area contributed by atoms with Crippen molar-refractivity contribution < 1.29 is 9.85 Å².